The summed E-state index contributed by atoms with van der Waals surface area (Å²) in [4.78, 5) is 47.4. The van der Waals surface area contributed by atoms with Gasteiger partial charge in [-0.15, -0.1) is 0 Å². The molecule has 0 aliphatic carbocycles. The van der Waals surface area contributed by atoms with Crippen molar-refractivity contribution < 1.29 is 19.1 Å². The molecule has 2 aromatic rings. The molecule has 0 spiro atoms. The van der Waals surface area contributed by atoms with Gasteiger partial charge in [0.05, 0.1) is 21.4 Å². The molecular formula is C37H52Cl2N6O4. The lowest BCUT2D eigenvalue weighted by molar-refractivity contribution is 0.0240. The molecule has 4 fully saturated rings. The first kappa shape index (κ1) is 37.1. The van der Waals surface area contributed by atoms with E-state index >= 15 is 0 Å². The van der Waals surface area contributed by atoms with Gasteiger partial charge in [0, 0.05) is 89.7 Å². The highest BCUT2D eigenvalue weighted by Gasteiger charge is 2.27. The van der Waals surface area contributed by atoms with Crippen molar-refractivity contribution in [2.75, 3.05) is 88.3 Å². The average Bonchev–Trinajstić information content (AvgIpc) is 3.11. The maximum atomic E-state index is 12.7. The number of amides is 3. The predicted octanol–water partition coefficient (Wildman–Crippen LogP) is 6.40. The number of carbonyl (C=O) groups is 3. The molecule has 0 unspecified atom stereocenters. The second kappa shape index (κ2) is 17.1. The molecule has 0 saturated carbocycles. The minimum Gasteiger partial charge on any atom is -0.444 e. The van der Waals surface area contributed by atoms with Crippen molar-refractivity contribution in [1.82, 2.24) is 20.0 Å². The Balaban J connectivity index is 0.000000199. The molecule has 4 aliphatic rings. The quantitative estimate of drug-likeness (QED) is 0.392. The fraction of sp³-hybridized carbons (Fsp3) is 0.595. The standard InChI is InChI=1S/C21H30ClN3O3.C16H22ClN3O/c1-21(2,3)28-20(27)25-13-11-23(12-14-25)18-8-7-16(15-17(18)22)19(26)24-9-5-4-6-10-24;17-14-12-13(16(21)20-8-2-1-3-9-20)4-5-15(14)19-10-6-18-7-11-19/h7-8,15H,4-6,9-14H2,1-3H3;4-5,12,18H,1-3,6-11H2. The van der Waals surface area contributed by atoms with Gasteiger partial charge >= 0.3 is 6.09 Å². The number of piperazine rings is 2. The maximum Gasteiger partial charge on any atom is 0.410 e. The molecule has 12 heteroatoms. The lowest BCUT2D eigenvalue weighted by Crippen LogP contribution is -2.50. The average molecular weight is 716 g/mol. The summed E-state index contributed by atoms with van der Waals surface area (Å²) in [5, 5.41) is 4.59. The lowest BCUT2D eigenvalue weighted by Gasteiger charge is -2.37. The van der Waals surface area contributed by atoms with Crippen LogP contribution in [0.2, 0.25) is 10.0 Å². The Labute approximate surface area is 301 Å². The summed E-state index contributed by atoms with van der Waals surface area (Å²) in [7, 11) is 0. The fourth-order valence-corrected chi connectivity index (χ4v) is 7.31. The highest BCUT2D eigenvalue weighted by molar-refractivity contribution is 6.34. The van der Waals surface area contributed by atoms with Gasteiger partial charge in [-0.3, -0.25) is 9.59 Å². The minimum absolute atomic E-state index is 0.0582. The molecule has 0 radical (unpaired) electrons. The SMILES string of the molecule is CC(C)(C)OC(=O)N1CCN(c2ccc(C(=O)N3CCCCC3)cc2Cl)CC1.O=C(c1ccc(N2CCNCC2)c(Cl)c1)N1CCCCC1. The number of ether oxygens (including phenoxy) is 1. The number of likely N-dealkylation sites (tertiary alicyclic amines) is 2. The van der Waals surface area contributed by atoms with Gasteiger partial charge in [-0.1, -0.05) is 23.2 Å². The van der Waals surface area contributed by atoms with Crippen molar-refractivity contribution in [3.8, 4) is 0 Å². The normalized spacial score (nSPS) is 18.8. The topological polar surface area (TPSA) is 88.7 Å². The molecule has 2 aromatic carbocycles. The Kier molecular flexibility index (Phi) is 13.0. The van der Waals surface area contributed by atoms with Crippen molar-refractivity contribution in [3.63, 3.8) is 0 Å². The number of nitrogens with one attached hydrogen (secondary N) is 1. The molecule has 4 heterocycles. The van der Waals surface area contributed by atoms with Gasteiger partial charge in [-0.25, -0.2) is 4.79 Å². The molecular weight excluding hydrogens is 663 g/mol. The van der Waals surface area contributed by atoms with E-state index in [0.29, 0.717) is 47.4 Å². The molecule has 49 heavy (non-hydrogen) atoms. The van der Waals surface area contributed by atoms with E-state index in [1.165, 1.54) is 12.8 Å². The monoisotopic (exact) mass is 714 g/mol. The highest BCUT2D eigenvalue weighted by atomic mass is 35.5. The Hall–Kier alpha value is -3.21. The van der Waals surface area contributed by atoms with E-state index in [4.69, 9.17) is 27.9 Å². The maximum absolute atomic E-state index is 12.7. The van der Waals surface area contributed by atoms with Gasteiger partial charge in [-0.05, 0) is 95.7 Å². The summed E-state index contributed by atoms with van der Waals surface area (Å²) in [6, 6.07) is 11.3. The van der Waals surface area contributed by atoms with Crippen molar-refractivity contribution in [1.29, 1.82) is 0 Å². The summed E-state index contributed by atoms with van der Waals surface area (Å²) in [5.74, 6) is 0.173. The third-order valence-corrected chi connectivity index (χ3v) is 10.0. The van der Waals surface area contributed by atoms with Crippen LogP contribution in [-0.4, -0.2) is 117 Å². The third-order valence-electron chi connectivity index (χ3n) is 9.41. The predicted molar refractivity (Wildman–Crippen MR) is 198 cm³/mol. The van der Waals surface area contributed by atoms with Crippen molar-refractivity contribution in [2.24, 2.45) is 0 Å². The van der Waals surface area contributed by atoms with Crippen LogP contribution in [0, 0.1) is 0 Å². The van der Waals surface area contributed by atoms with E-state index in [2.05, 4.69) is 15.1 Å². The Bertz CT molecular complexity index is 1440. The van der Waals surface area contributed by atoms with Gasteiger partial charge in [0.2, 0.25) is 0 Å². The van der Waals surface area contributed by atoms with E-state index in [1.54, 1.807) is 11.0 Å². The molecule has 0 aromatic heterocycles. The van der Waals surface area contributed by atoms with E-state index in [-0.39, 0.29) is 17.9 Å². The van der Waals surface area contributed by atoms with Gasteiger partial charge < -0.3 is 34.6 Å². The van der Waals surface area contributed by atoms with Crippen molar-refractivity contribution in [3.05, 3.63) is 57.6 Å². The first-order valence-electron chi connectivity index (χ1n) is 17.9. The molecule has 268 valence electrons. The van der Waals surface area contributed by atoms with Gasteiger partial charge in [0.25, 0.3) is 11.8 Å². The van der Waals surface area contributed by atoms with Crippen LogP contribution >= 0.6 is 23.2 Å². The molecule has 1 N–H and O–H groups in total. The second-order valence-electron chi connectivity index (χ2n) is 14.2. The van der Waals surface area contributed by atoms with Crippen molar-refractivity contribution >= 4 is 52.5 Å². The summed E-state index contributed by atoms with van der Waals surface area (Å²) < 4.78 is 5.44. The summed E-state index contributed by atoms with van der Waals surface area (Å²) >= 11 is 12.9. The molecule has 10 nitrogen and oxygen atoms in total. The largest absolute Gasteiger partial charge is 0.444 e. The molecule has 6 rings (SSSR count). The zero-order valence-electron chi connectivity index (χ0n) is 29.3. The number of carbonyl (C=O) groups excluding carboxylic acids is 3. The number of nitrogens with zero attached hydrogens (tertiary/aromatic N) is 5. The van der Waals surface area contributed by atoms with Crippen LogP contribution < -0.4 is 15.1 Å². The number of benzene rings is 2. The Morgan fingerprint density at radius 2 is 1.02 bits per heavy atom. The highest BCUT2D eigenvalue weighted by Crippen LogP contribution is 2.30. The number of hydrogen-bond donors (Lipinski definition) is 1. The lowest BCUT2D eigenvalue weighted by atomic mass is 10.1. The van der Waals surface area contributed by atoms with Crippen LogP contribution in [0.25, 0.3) is 0 Å². The molecule has 0 atom stereocenters. The van der Waals surface area contributed by atoms with Crippen LogP contribution in [0.4, 0.5) is 16.2 Å². The molecule has 4 aliphatic heterocycles. The van der Waals surface area contributed by atoms with E-state index in [1.807, 2.05) is 60.9 Å². The minimum atomic E-state index is -0.492. The van der Waals surface area contributed by atoms with Gasteiger partial charge in [0.1, 0.15) is 5.60 Å². The zero-order chi connectivity index (χ0) is 35.0. The number of hydrogen-bond acceptors (Lipinski definition) is 7. The summed E-state index contributed by atoms with van der Waals surface area (Å²) in [6.45, 7) is 15.4. The van der Waals surface area contributed by atoms with Crippen LogP contribution in [0.5, 0.6) is 0 Å². The van der Waals surface area contributed by atoms with E-state index < -0.39 is 5.60 Å². The Morgan fingerprint density at radius 3 is 1.43 bits per heavy atom. The van der Waals surface area contributed by atoms with Crippen LogP contribution in [0.1, 0.15) is 80.0 Å². The number of rotatable bonds is 4. The first-order valence-corrected chi connectivity index (χ1v) is 18.6. The van der Waals surface area contributed by atoms with E-state index in [9.17, 15) is 14.4 Å². The summed E-state index contributed by atoms with van der Waals surface area (Å²) in [5.41, 5.74) is 2.80. The number of anilines is 2. The van der Waals surface area contributed by atoms with Gasteiger partial charge in [0.15, 0.2) is 0 Å². The number of piperidine rings is 2. The van der Waals surface area contributed by atoms with Crippen LogP contribution in [0.3, 0.4) is 0 Å². The van der Waals surface area contributed by atoms with Gasteiger partial charge in [-0.2, -0.15) is 0 Å². The Morgan fingerprint density at radius 1 is 0.592 bits per heavy atom. The second-order valence-corrected chi connectivity index (χ2v) is 15.0. The van der Waals surface area contributed by atoms with Crippen molar-refractivity contribution in [2.45, 2.75) is 64.9 Å². The van der Waals surface area contributed by atoms with Crippen LogP contribution in [-0.2, 0) is 4.74 Å². The first-order chi connectivity index (χ1) is 23.5. The third kappa shape index (κ3) is 10.2. The zero-order valence-corrected chi connectivity index (χ0v) is 30.8. The fourth-order valence-electron chi connectivity index (χ4n) is 6.71. The summed E-state index contributed by atoms with van der Waals surface area (Å²) in [6.07, 6.45) is 6.50. The smallest absolute Gasteiger partial charge is 0.410 e. The molecule has 0 bridgehead atoms. The van der Waals surface area contributed by atoms with E-state index in [0.717, 1.165) is 89.4 Å². The molecule has 4 saturated heterocycles. The van der Waals surface area contributed by atoms with Crippen LogP contribution in [0.15, 0.2) is 36.4 Å². The number of halogens is 2. The molecule has 3 amide bonds.